The zero-order valence-corrected chi connectivity index (χ0v) is 11.7. The second-order valence-corrected chi connectivity index (χ2v) is 5.68. The molecule has 0 spiro atoms. The summed E-state index contributed by atoms with van der Waals surface area (Å²) in [6.45, 7) is 7.00. The van der Waals surface area contributed by atoms with E-state index in [1.807, 2.05) is 13.8 Å². The molecule has 0 fully saturated rings. The Kier molecular flexibility index (Phi) is 4.15. The van der Waals surface area contributed by atoms with Gasteiger partial charge in [0.15, 0.2) is 5.78 Å². The Balaban J connectivity index is 3.15. The van der Waals surface area contributed by atoms with Crippen molar-refractivity contribution in [2.24, 2.45) is 5.41 Å². The molecular formula is C15H20O4. The average molecular weight is 264 g/mol. The van der Waals surface area contributed by atoms with E-state index in [0.29, 0.717) is 11.1 Å². The molecule has 1 unspecified atom stereocenters. The molecule has 1 rings (SSSR count). The van der Waals surface area contributed by atoms with E-state index in [-0.39, 0.29) is 12.2 Å². The zero-order chi connectivity index (χ0) is 14.8. The summed E-state index contributed by atoms with van der Waals surface area (Å²) >= 11 is 0. The van der Waals surface area contributed by atoms with E-state index < -0.39 is 17.0 Å². The Hall–Kier alpha value is -1.68. The van der Waals surface area contributed by atoms with Crippen molar-refractivity contribution in [1.29, 1.82) is 0 Å². The maximum Gasteiger partial charge on any atom is 0.328 e. The molecule has 0 amide bonds. The highest BCUT2D eigenvalue weighted by atomic mass is 16.4. The maximum atomic E-state index is 11.6. The number of hydrogen-bond donors (Lipinski definition) is 2. The molecule has 0 aromatic rings. The van der Waals surface area contributed by atoms with Crippen molar-refractivity contribution in [3.8, 4) is 0 Å². The second-order valence-electron chi connectivity index (χ2n) is 5.68. The van der Waals surface area contributed by atoms with Gasteiger partial charge in [-0.25, -0.2) is 4.79 Å². The molecule has 0 aliphatic heterocycles. The van der Waals surface area contributed by atoms with Gasteiger partial charge in [-0.3, -0.25) is 4.79 Å². The van der Waals surface area contributed by atoms with Gasteiger partial charge >= 0.3 is 5.97 Å². The first-order chi connectivity index (χ1) is 8.58. The molecule has 19 heavy (non-hydrogen) atoms. The fourth-order valence-corrected chi connectivity index (χ4v) is 2.36. The summed E-state index contributed by atoms with van der Waals surface area (Å²) in [5, 5.41) is 19.4. The van der Waals surface area contributed by atoms with Gasteiger partial charge in [0.2, 0.25) is 0 Å². The topological polar surface area (TPSA) is 74.6 Å². The quantitative estimate of drug-likeness (QED) is 0.605. The number of carboxylic acid groups (broad SMARTS) is 1. The molecule has 0 saturated carbocycles. The smallest absolute Gasteiger partial charge is 0.328 e. The first-order valence-electron chi connectivity index (χ1n) is 6.13. The van der Waals surface area contributed by atoms with Crippen LogP contribution in [0.15, 0.2) is 35.5 Å². The molecule has 2 N–H and O–H groups in total. The van der Waals surface area contributed by atoms with Crippen LogP contribution >= 0.6 is 0 Å². The van der Waals surface area contributed by atoms with Gasteiger partial charge in [0.25, 0.3) is 0 Å². The lowest BCUT2D eigenvalue weighted by atomic mass is 9.64. The molecule has 1 atom stereocenters. The second kappa shape index (κ2) is 5.13. The van der Waals surface area contributed by atoms with Crippen molar-refractivity contribution in [1.82, 2.24) is 0 Å². The molecule has 1 aliphatic rings. The number of carbonyl (C=O) groups is 2. The molecule has 0 aromatic heterocycles. The van der Waals surface area contributed by atoms with Crippen LogP contribution in [0.25, 0.3) is 0 Å². The number of carbonyl (C=O) groups excluding carboxylic acids is 1. The molecular weight excluding hydrogens is 244 g/mol. The van der Waals surface area contributed by atoms with Crippen molar-refractivity contribution in [2.45, 2.75) is 39.7 Å². The van der Waals surface area contributed by atoms with E-state index in [1.54, 1.807) is 26.0 Å². The van der Waals surface area contributed by atoms with Gasteiger partial charge in [-0.05, 0) is 37.1 Å². The minimum atomic E-state index is -1.24. The van der Waals surface area contributed by atoms with Crippen molar-refractivity contribution < 1.29 is 19.8 Å². The normalized spacial score (nSPS) is 27.5. The number of carboxylic acids is 1. The largest absolute Gasteiger partial charge is 0.478 e. The summed E-state index contributed by atoms with van der Waals surface area (Å²) in [6, 6.07) is 0. The Labute approximate surface area is 113 Å². The zero-order valence-electron chi connectivity index (χ0n) is 11.7. The lowest BCUT2D eigenvalue weighted by Gasteiger charge is -2.43. The van der Waals surface area contributed by atoms with Gasteiger partial charge in [0.05, 0.1) is 0 Å². The van der Waals surface area contributed by atoms with Gasteiger partial charge in [-0.15, -0.1) is 0 Å². The summed E-state index contributed by atoms with van der Waals surface area (Å²) in [7, 11) is 0. The van der Waals surface area contributed by atoms with E-state index in [2.05, 4.69) is 0 Å². The van der Waals surface area contributed by atoms with Crippen LogP contribution < -0.4 is 0 Å². The Morgan fingerprint density at radius 2 is 2.00 bits per heavy atom. The molecule has 1 aliphatic carbocycles. The molecule has 0 heterocycles. The minimum absolute atomic E-state index is 0.00150. The Morgan fingerprint density at radius 3 is 2.47 bits per heavy atom. The minimum Gasteiger partial charge on any atom is -0.478 e. The van der Waals surface area contributed by atoms with Crippen LogP contribution in [0, 0.1) is 5.41 Å². The van der Waals surface area contributed by atoms with Crippen molar-refractivity contribution in [3.63, 3.8) is 0 Å². The third kappa shape index (κ3) is 3.20. The average Bonchev–Trinajstić information content (AvgIpc) is 2.21. The summed E-state index contributed by atoms with van der Waals surface area (Å²) < 4.78 is 0. The summed E-state index contributed by atoms with van der Waals surface area (Å²) in [5.74, 6) is -1.03. The lowest BCUT2D eigenvalue weighted by Crippen LogP contribution is -2.48. The van der Waals surface area contributed by atoms with Gasteiger partial charge in [-0.2, -0.15) is 0 Å². The highest BCUT2D eigenvalue weighted by Crippen LogP contribution is 2.44. The molecule has 0 radical (unpaired) electrons. The van der Waals surface area contributed by atoms with Crippen molar-refractivity contribution in [3.05, 3.63) is 35.5 Å². The standard InChI is InChI=1S/C15H20O4/c1-10(7-13(17)18)5-6-15(19)11(2)8-12(16)9-14(15,3)4/h5-8,19H,9H2,1-4H3,(H,17,18)/b6-5+,10-7?. The molecule has 0 bridgehead atoms. The van der Waals surface area contributed by atoms with E-state index >= 15 is 0 Å². The Bertz CT molecular complexity index is 494. The fraction of sp³-hybridized carbons (Fsp3) is 0.467. The third-order valence-corrected chi connectivity index (χ3v) is 3.57. The van der Waals surface area contributed by atoms with Crippen LogP contribution in [0.3, 0.4) is 0 Å². The van der Waals surface area contributed by atoms with E-state index in [0.717, 1.165) is 6.08 Å². The highest BCUT2D eigenvalue weighted by Gasteiger charge is 2.46. The first kappa shape index (κ1) is 15.4. The summed E-state index contributed by atoms with van der Waals surface area (Å²) in [5.41, 5.74) is -0.758. The van der Waals surface area contributed by atoms with Gasteiger partial charge in [-0.1, -0.05) is 19.9 Å². The van der Waals surface area contributed by atoms with Crippen molar-refractivity contribution >= 4 is 11.8 Å². The number of hydrogen-bond acceptors (Lipinski definition) is 3. The number of aliphatic hydroxyl groups is 1. The van der Waals surface area contributed by atoms with E-state index in [4.69, 9.17) is 5.11 Å². The van der Waals surface area contributed by atoms with Crippen LogP contribution in [0.4, 0.5) is 0 Å². The molecule has 104 valence electrons. The Morgan fingerprint density at radius 1 is 1.42 bits per heavy atom. The maximum absolute atomic E-state index is 11.6. The number of ketones is 1. The summed E-state index contributed by atoms with van der Waals surface area (Å²) in [4.78, 5) is 22.1. The van der Waals surface area contributed by atoms with Crippen LogP contribution in [0.1, 0.15) is 34.1 Å². The van der Waals surface area contributed by atoms with Crippen LogP contribution in [-0.2, 0) is 9.59 Å². The highest BCUT2D eigenvalue weighted by molar-refractivity contribution is 5.92. The van der Waals surface area contributed by atoms with Crippen molar-refractivity contribution in [2.75, 3.05) is 0 Å². The fourth-order valence-electron chi connectivity index (χ4n) is 2.36. The van der Waals surface area contributed by atoms with E-state index in [9.17, 15) is 14.7 Å². The third-order valence-electron chi connectivity index (χ3n) is 3.57. The molecule has 0 aromatic carbocycles. The van der Waals surface area contributed by atoms with Crippen LogP contribution in [-0.4, -0.2) is 27.6 Å². The molecule has 4 heteroatoms. The SMILES string of the molecule is CC(=CC(=O)O)/C=C/C1(O)C(C)=CC(=O)CC1(C)C. The van der Waals surface area contributed by atoms with Gasteiger partial charge < -0.3 is 10.2 Å². The van der Waals surface area contributed by atoms with Crippen LogP contribution in [0.5, 0.6) is 0 Å². The number of rotatable bonds is 3. The lowest BCUT2D eigenvalue weighted by molar-refractivity contribution is -0.131. The number of allylic oxidation sites excluding steroid dienone is 3. The number of aliphatic carboxylic acids is 1. The summed E-state index contributed by atoms with van der Waals surface area (Å²) in [6.07, 6.45) is 5.92. The molecule has 0 saturated heterocycles. The van der Waals surface area contributed by atoms with E-state index in [1.165, 1.54) is 6.08 Å². The van der Waals surface area contributed by atoms with Crippen LogP contribution in [0.2, 0.25) is 0 Å². The van der Waals surface area contributed by atoms with Gasteiger partial charge in [0.1, 0.15) is 5.60 Å². The first-order valence-corrected chi connectivity index (χ1v) is 6.13. The van der Waals surface area contributed by atoms with Gasteiger partial charge in [0, 0.05) is 17.9 Å². The predicted molar refractivity (Wildman–Crippen MR) is 72.6 cm³/mol. The molecule has 4 nitrogen and oxygen atoms in total. The monoisotopic (exact) mass is 264 g/mol. The predicted octanol–water partition coefficient (Wildman–Crippen LogP) is 2.25.